The predicted molar refractivity (Wildman–Crippen MR) is 122 cm³/mol. The highest BCUT2D eigenvalue weighted by molar-refractivity contribution is 5.97. The zero-order chi connectivity index (χ0) is 25.9. The SMILES string of the molecule is Cc1cc(C)n(-c2ccc(CNC(=O)C(NC(=O)c3ccccc3F)C(C)C)c(C(F)(F)F)c2)n1. The maximum atomic E-state index is 13.9. The summed E-state index contributed by atoms with van der Waals surface area (Å²) in [5.41, 5.74) is 0.324. The number of rotatable bonds is 7. The summed E-state index contributed by atoms with van der Waals surface area (Å²) in [7, 11) is 0. The molecular weight excluding hydrogens is 464 g/mol. The Morgan fingerprint density at radius 2 is 1.74 bits per heavy atom. The molecule has 0 radical (unpaired) electrons. The highest BCUT2D eigenvalue weighted by Crippen LogP contribution is 2.33. The average Bonchev–Trinajstić information content (AvgIpc) is 3.12. The van der Waals surface area contributed by atoms with E-state index >= 15 is 0 Å². The highest BCUT2D eigenvalue weighted by Gasteiger charge is 2.34. The van der Waals surface area contributed by atoms with Crippen LogP contribution >= 0.6 is 0 Å². The molecule has 1 atom stereocenters. The van der Waals surface area contributed by atoms with E-state index in [4.69, 9.17) is 0 Å². The standard InChI is InChI=1S/C25H26F4N4O2/c1-14(2)22(31-23(34)19-7-5-6-8-21(19)26)24(35)30-13-17-9-10-18(12-20(17)25(27,28)29)33-16(4)11-15(3)32-33/h5-12,14,22H,13H2,1-4H3,(H,30,35)(H,31,34). The third-order valence-electron chi connectivity index (χ3n) is 5.46. The molecule has 2 aromatic carbocycles. The Hall–Kier alpha value is -3.69. The lowest BCUT2D eigenvalue weighted by Crippen LogP contribution is -2.49. The molecule has 1 heterocycles. The van der Waals surface area contributed by atoms with Gasteiger partial charge in [-0.25, -0.2) is 9.07 Å². The van der Waals surface area contributed by atoms with E-state index in [-0.39, 0.29) is 16.8 Å². The van der Waals surface area contributed by atoms with Gasteiger partial charge in [0.1, 0.15) is 11.9 Å². The van der Waals surface area contributed by atoms with E-state index < -0.39 is 47.9 Å². The average molecular weight is 491 g/mol. The first kappa shape index (κ1) is 25.9. The van der Waals surface area contributed by atoms with Gasteiger partial charge in [0.05, 0.1) is 22.5 Å². The van der Waals surface area contributed by atoms with Crippen molar-refractivity contribution in [1.29, 1.82) is 0 Å². The van der Waals surface area contributed by atoms with Gasteiger partial charge in [-0.2, -0.15) is 18.3 Å². The van der Waals surface area contributed by atoms with Crippen LogP contribution in [0.3, 0.4) is 0 Å². The van der Waals surface area contributed by atoms with Crippen molar-refractivity contribution in [2.75, 3.05) is 0 Å². The van der Waals surface area contributed by atoms with Crippen LogP contribution in [0.5, 0.6) is 0 Å². The quantitative estimate of drug-likeness (QED) is 0.471. The molecule has 10 heteroatoms. The molecule has 3 aromatic rings. The van der Waals surface area contributed by atoms with Crippen molar-refractivity contribution in [2.45, 2.75) is 46.5 Å². The number of benzene rings is 2. The number of hydrogen-bond acceptors (Lipinski definition) is 3. The molecule has 1 aromatic heterocycles. The molecule has 2 amide bonds. The lowest BCUT2D eigenvalue weighted by atomic mass is 10.0. The number of hydrogen-bond donors (Lipinski definition) is 2. The van der Waals surface area contributed by atoms with Gasteiger partial charge in [-0.1, -0.05) is 32.0 Å². The van der Waals surface area contributed by atoms with Gasteiger partial charge in [0.15, 0.2) is 0 Å². The third kappa shape index (κ3) is 6.06. The zero-order valence-corrected chi connectivity index (χ0v) is 19.7. The summed E-state index contributed by atoms with van der Waals surface area (Å²) in [4.78, 5) is 25.2. The second kappa shape index (κ2) is 10.3. The minimum Gasteiger partial charge on any atom is -0.350 e. The van der Waals surface area contributed by atoms with E-state index in [9.17, 15) is 27.2 Å². The number of alkyl halides is 3. The van der Waals surface area contributed by atoms with Crippen LogP contribution in [0.2, 0.25) is 0 Å². The number of aryl methyl sites for hydroxylation is 2. The van der Waals surface area contributed by atoms with Crippen molar-refractivity contribution in [3.63, 3.8) is 0 Å². The normalized spacial score (nSPS) is 12.5. The van der Waals surface area contributed by atoms with Crippen molar-refractivity contribution >= 4 is 11.8 Å². The summed E-state index contributed by atoms with van der Waals surface area (Å²) in [5, 5.41) is 9.16. The molecular formula is C25H26F4N4O2. The first-order valence-electron chi connectivity index (χ1n) is 11.0. The van der Waals surface area contributed by atoms with E-state index in [1.807, 2.05) is 0 Å². The maximum Gasteiger partial charge on any atom is 0.416 e. The van der Waals surface area contributed by atoms with E-state index in [1.165, 1.54) is 35.0 Å². The van der Waals surface area contributed by atoms with Gasteiger partial charge in [-0.15, -0.1) is 0 Å². The summed E-state index contributed by atoms with van der Waals surface area (Å²) in [5.74, 6) is -2.62. The molecule has 0 fully saturated rings. The molecule has 35 heavy (non-hydrogen) atoms. The van der Waals surface area contributed by atoms with E-state index in [1.54, 1.807) is 33.8 Å². The monoisotopic (exact) mass is 490 g/mol. The number of nitrogens with zero attached hydrogens (tertiary/aromatic N) is 2. The van der Waals surface area contributed by atoms with Crippen LogP contribution in [-0.4, -0.2) is 27.6 Å². The third-order valence-corrected chi connectivity index (χ3v) is 5.46. The van der Waals surface area contributed by atoms with E-state index in [0.29, 0.717) is 11.4 Å². The van der Waals surface area contributed by atoms with Crippen molar-refractivity contribution in [1.82, 2.24) is 20.4 Å². The van der Waals surface area contributed by atoms with E-state index in [0.717, 1.165) is 12.1 Å². The molecule has 0 saturated carbocycles. The fraction of sp³-hybridized carbons (Fsp3) is 0.320. The van der Waals surface area contributed by atoms with Crippen LogP contribution in [0.25, 0.3) is 5.69 Å². The molecule has 6 nitrogen and oxygen atoms in total. The Morgan fingerprint density at radius 3 is 2.31 bits per heavy atom. The fourth-order valence-electron chi connectivity index (χ4n) is 3.70. The lowest BCUT2D eigenvalue weighted by molar-refractivity contribution is -0.138. The minimum absolute atomic E-state index is 0.140. The molecule has 0 saturated heterocycles. The van der Waals surface area contributed by atoms with Crippen LogP contribution in [0.1, 0.15) is 46.7 Å². The Labute approximate surface area is 200 Å². The van der Waals surface area contributed by atoms with Crippen molar-refractivity contribution < 1.29 is 27.2 Å². The van der Waals surface area contributed by atoms with Gasteiger partial charge in [0.2, 0.25) is 5.91 Å². The lowest BCUT2D eigenvalue weighted by Gasteiger charge is -2.22. The largest absolute Gasteiger partial charge is 0.416 e. The molecule has 0 aliphatic carbocycles. The summed E-state index contributed by atoms with van der Waals surface area (Å²) in [6.07, 6.45) is -4.66. The summed E-state index contributed by atoms with van der Waals surface area (Å²) >= 11 is 0. The van der Waals surface area contributed by atoms with Crippen molar-refractivity contribution in [3.8, 4) is 5.69 Å². The Morgan fingerprint density at radius 1 is 1.06 bits per heavy atom. The van der Waals surface area contributed by atoms with Crippen molar-refractivity contribution in [2.24, 2.45) is 5.92 Å². The molecule has 0 aliphatic rings. The van der Waals surface area contributed by atoms with Gasteiger partial charge in [-0.05, 0) is 55.7 Å². The van der Waals surface area contributed by atoms with Crippen LogP contribution in [0.15, 0.2) is 48.5 Å². The van der Waals surface area contributed by atoms with E-state index in [2.05, 4.69) is 15.7 Å². The van der Waals surface area contributed by atoms with Gasteiger partial charge in [0.25, 0.3) is 5.91 Å². The second-order valence-electron chi connectivity index (χ2n) is 8.57. The number of amides is 2. The smallest absolute Gasteiger partial charge is 0.350 e. The summed E-state index contributed by atoms with van der Waals surface area (Å²) < 4.78 is 56.8. The van der Waals surface area contributed by atoms with Crippen molar-refractivity contribution in [3.05, 3.63) is 82.4 Å². The number of carbonyl (C=O) groups excluding carboxylic acids is 2. The number of nitrogens with one attached hydrogen (secondary N) is 2. The Balaban J connectivity index is 1.80. The highest BCUT2D eigenvalue weighted by atomic mass is 19.4. The number of aromatic nitrogens is 2. The first-order valence-corrected chi connectivity index (χ1v) is 11.0. The van der Waals surface area contributed by atoms with Crippen LogP contribution < -0.4 is 10.6 Å². The van der Waals surface area contributed by atoms with Crippen LogP contribution in [0.4, 0.5) is 17.6 Å². The molecule has 0 bridgehead atoms. The van der Waals surface area contributed by atoms with Gasteiger partial charge in [-0.3, -0.25) is 9.59 Å². The number of halogens is 4. The van der Waals surface area contributed by atoms with Gasteiger partial charge in [0, 0.05) is 12.2 Å². The topological polar surface area (TPSA) is 76.0 Å². The zero-order valence-electron chi connectivity index (χ0n) is 19.7. The molecule has 0 aliphatic heterocycles. The van der Waals surface area contributed by atoms with Gasteiger partial charge < -0.3 is 10.6 Å². The molecule has 1 unspecified atom stereocenters. The Bertz CT molecular complexity index is 1230. The molecule has 186 valence electrons. The second-order valence-corrected chi connectivity index (χ2v) is 8.57. The predicted octanol–water partition coefficient (Wildman–Crippen LogP) is 4.72. The van der Waals surface area contributed by atoms with Crippen LogP contribution in [-0.2, 0) is 17.5 Å². The minimum atomic E-state index is -4.66. The molecule has 3 rings (SSSR count). The Kier molecular flexibility index (Phi) is 7.62. The summed E-state index contributed by atoms with van der Waals surface area (Å²) in [6.45, 7) is 6.40. The first-order chi connectivity index (χ1) is 16.4. The maximum absolute atomic E-state index is 13.9. The van der Waals surface area contributed by atoms with Crippen LogP contribution in [0, 0.1) is 25.6 Å². The summed E-state index contributed by atoms with van der Waals surface area (Å²) in [6, 6.07) is 9.75. The molecule has 0 spiro atoms. The fourth-order valence-corrected chi connectivity index (χ4v) is 3.70. The molecule has 2 N–H and O–H groups in total. The van der Waals surface area contributed by atoms with Gasteiger partial charge >= 0.3 is 6.18 Å². The number of carbonyl (C=O) groups is 2.